The van der Waals surface area contributed by atoms with Gasteiger partial charge in [0.1, 0.15) is 6.61 Å². The molecule has 0 spiro atoms. The number of carbonyl (C=O) groups is 1. The molecule has 0 unspecified atom stereocenters. The summed E-state index contributed by atoms with van der Waals surface area (Å²) in [5, 5.41) is 8.35. The van der Waals surface area contributed by atoms with E-state index in [1.165, 1.54) is 22.3 Å². The van der Waals surface area contributed by atoms with Gasteiger partial charge in [-0.3, -0.25) is 0 Å². The highest BCUT2D eigenvalue weighted by molar-refractivity contribution is 6.11. The van der Waals surface area contributed by atoms with Crippen molar-refractivity contribution < 1.29 is 9.53 Å². The van der Waals surface area contributed by atoms with Gasteiger partial charge in [-0.05, 0) is 73.7 Å². The molecule has 0 fully saturated rings. The van der Waals surface area contributed by atoms with Crippen molar-refractivity contribution in [3.8, 4) is 0 Å². The molecule has 4 aromatic rings. The van der Waals surface area contributed by atoms with Crippen molar-refractivity contribution in [1.82, 2.24) is 10.3 Å². The van der Waals surface area contributed by atoms with Gasteiger partial charge in [-0.2, -0.15) is 0 Å². The number of hydrogen-bond donors (Lipinski definition) is 2. The number of carbonyl (C=O) groups excluding carboxylic acids is 1. The Morgan fingerprint density at radius 1 is 0.903 bits per heavy atom. The summed E-state index contributed by atoms with van der Waals surface area (Å²) in [4.78, 5) is 16.3. The number of rotatable bonds is 4. The number of amides is 1. The molecule has 0 radical (unpaired) electrons. The molecule has 5 heteroatoms. The third-order valence-electron chi connectivity index (χ3n) is 6.11. The Balaban J connectivity index is 1.81. The molecule has 0 aliphatic rings. The maximum Gasteiger partial charge on any atom is 0.407 e. The third-order valence-corrected chi connectivity index (χ3v) is 6.11. The van der Waals surface area contributed by atoms with Crippen LogP contribution in [0.25, 0.3) is 21.8 Å². The maximum absolute atomic E-state index is 11.3. The number of ether oxygens (including phenoxy) is 1. The van der Waals surface area contributed by atoms with E-state index >= 15 is 0 Å². The number of nitrogens with zero attached hydrogens (tertiary/aromatic N) is 1. The monoisotopic (exact) mass is 413 g/mol. The van der Waals surface area contributed by atoms with E-state index < -0.39 is 6.09 Å². The first-order valence-electron chi connectivity index (χ1n) is 10.4. The van der Waals surface area contributed by atoms with Gasteiger partial charge in [-0.25, -0.2) is 9.78 Å². The molecule has 0 saturated carbocycles. The second-order valence-electron chi connectivity index (χ2n) is 7.88. The first kappa shape index (κ1) is 20.7. The summed E-state index contributed by atoms with van der Waals surface area (Å²) in [6.07, 6.45) is -0.437. The molecule has 0 atom stereocenters. The number of hydrogen-bond acceptors (Lipinski definition) is 4. The number of benzene rings is 3. The lowest BCUT2D eigenvalue weighted by Crippen LogP contribution is -2.18. The highest BCUT2D eigenvalue weighted by Crippen LogP contribution is 2.38. The number of alkyl carbamates (subject to hydrolysis) is 1. The van der Waals surface area contributed by atoms with Gasteiger partial charge < -0.3 is 15.4 Å². The average Bonchev–Trinajstić information content (AvgIpc) is 2.80. The van der Waals surface area contributed by atoms with Gasteiger partial charge in [0.2, 0.25) is 0 Å². The Bertz CT molecular complexity index is 1290. The Kier molecular flexibility index (Phi) is 5.51. The number of aryl methyl sites for hydroxylation is 2. The summed E-state index contributed by atoms with van der Waals surface area (Å²) in [6, 6.07) is 16.2. The lowest BCUT2D eigenvalue weighted by atomic mass is 9.92. The van der Waals surface area contributed by atoms with Gasteiger partial charge in [0.05, 0.1) is 16.7 Å². The van der Waals surface area contributed by atoms with E-state index in [1.807, 2.05) is 36.4 Å². The molecule has 0 saturated heterocycles. The molecule has 31 heavy (non-hydrogen) atoms. The predicted molar refractivity (Wildman–Crippen MR) is 127 cm³/mol. The van der Waals surface area contributed by atoms with E-state index in [4.69, 9.17) is 9.72 Å². The van der Waals surface area contributed by atoms with Crippen LogP contribution in [-0.2, 0) is 11.3 Å². The van der Waals surface area contributed by atoms with E-state index in [0.717, 1.165) is 38.7 Å². The molecule has 3 aromatic carbocycles. The number of anilines is 2. The van der Waals surface area contributed by atoms with Crippen molar-refractivity contribution in [3.05, 3.63) is 76.3 Å². The zero-order valence-corrected chi connectivity index (χ0v) is 18.6. The minimum atomic E-state index is -0.437. The number of para-hydroxylation sites is 1. The van der Waals surface area contributed by atoms with Crippen LogP contribution >= 0.6 is 0 Å². The Morgan fingerprint density at radius 3 is 2.29 bits per heavy atom. The van der Waals surface area contributed by atoms with Crippen LogP contribution in [0.3, 0.4) is 0 Å². The molecular weight excluding hydrogens is 386 g/mol. The fraction of sp³-hybridized carbons (Fsp3) is 0.231. The van der Waals surface area contributed by atoms with E-state index in [1.54, 1.807) is 7.05 Å². The second-order valence-corrected chi connectivity index (χ2v) is 7.88. The van der Waals surface area contributed by atoms with Gasteiger partial charge in [0, 0.05) is 23.5 Å². The van der Waals surface area contributed by atoms with E-state index in [9.17, 15) is 4.79 Å². The summed E-state index contributed by atoms with van der Waals surface area (Å²) in [5.74, 6) is 0. The van der Waals surface area contributed by atoms with Gasteiger partial charge >= 0.3 is 6.09 Å². The summed E-state index contributed by atoms with van der Waals surface area (Å²) in [6.45, 7) is 8.90. The third kappa shape index (κ3) is 3.79. The normalized spacial score (nSPS) is 11.0. The molecule has 1 heterocycles. The highest BCUT2D eigenvalue weighted by Gasteiger charge is 2.17. The standard InChI is InChI=1S/C26H27N3O2/c1-15-16(2)18(4)24-23(17(15)3)25(21-8-6-7-9-22(21)29-24)28-20-12-10-19(11-13-20)14-31-26(30)27-5/h6-13H,14H2,1-5H3,(H,27,30)(H,28,29). The number of nitrogens with one attached hydrogen (secondary N) is 2. The van der Waals surface area contributed by atoms with E-state index in [-0.39, 0.29) is 6.61 Å². The fourth-order valence-electron chi connectivity index (χ4n) is 3.96. The van der Waals surface area contributed by atoms with E-state index in [2.05, 4.69) is 50.5 Å². The zero-order chi connectivity index (χ0) is 22.1. The van der Waals surface area contributed by atoms with Crippen LogP contribution in [0.2, 0.25) is 0 Å². The predicted octanol–water partition coefficient (Wildman–Crippen LogP) is 6.22. The highest BCUT2D eigenvalue weighted by atomic mass is 16.5. The average molecular weight is 414 g/mol. The van der Waals surface area contributed by atoms with Crippen LogP contribution in [0.5, 0.6) is 0 Å². The first-order chi connectivity index (χ1) is 14.9. The number of fused-ring (bicyclic) bond motifs is 2. The van der Waals surface area contributed by atoms with Crippen LogP contribution in [0.15, 0.2) is 48.5 Å². The van der Waals surface area contributed by atoms with Crippen molar-refractivity contribution in [1.29, 1.82) is 0 Å². The van der Waals surface area contributed by atoms with Crippen molar-refractivity contribution in [2.24, 2.45) is 0 Å². The fourth-order valence-corrected chi connectivity index (χ4v) is 3.96. The molecule has 0 bridgehead atoms. The zero-order valence-electron chi connectivity index (χ0n) is 18.6. The van der Waals surface area contributed by atoms with Crippen molar-refractivity contribution >= 4 is 39.3 Å². The molecule has 5 nitrogen and oxygen atoms in total. The molecule has 158 valence electrons. The largest absolute Gasteiger partial charge is 0.445 e. The van der Waals surface area contributed by atoms with E-state index in [0.29, 0.717) is 0 Å². The lowest BCUT2D eigenvalue weighted by Gasteiger charge is -2.19. The van der Waals surface area contributed by atoms with Gasteiger partial charge in [0.25, 0.3) is 0 Å². The lowest BCUT2D eigenvalue weighted by molar-refractivity contribution is 0.142. The molecule has 4 rings (SSSR count). The van der Waals surface area contributed by atoms with Crippen molar-refractivity contribution in [2.45, 2.75) is 34.3 Å². The minimum Gasteiger partial charge on any atom is -0.445 e. The first-order valence-corrected chi connectivity index (χ1v) is 10.4. The van der Waals surface area contributed by atoms with Crippen molar-refractivity contribution in [3.63, 3.8) is 0 Å². The molecule has 2 N–H and O–H groups in total. The molecule has 0 aliphatic heterocycles. The minimum absolute atomic E-state index is 0.234. The summed E-state index contributed by atoms with van der Waals surface area (Å²) in [7, 11) is 1.55. The molecule has 0 aliphatic carbocycles. The van der Waals surface area contributed by atoms with Crippen LogP contribution in [0.1, 0.15) is 27.8 Å². The van der Waals surface area contributed by atoms with Crippen LogP contribution in [0.4, 0.5) is 16.2 Å². The second kappa shape index (κ2) is 8.26. The number of pyridine rings is 1. The SMILES string of the molecule is CNC(=O)OCc1ccc(Nc2c3ccccc3nc3c(C)c(C)c(C)c(C)c23)cc1. The maximum atomic E-state index is 11.3. The quantitative estimate of drug-likeness (QED) is 0.390. The van der Waals surface area contributed by atoms with Crippen LogP contribution in [0, 0.1) is 27.7 Å². The number of aromatic nitrogens is 1. The Morgan fingerprint density at radius 2 is 1.58 bits per heavy atom. The van der Waals surface area contributed by atoms with Crippen LogP contribution < -0.4 is 10.6 Å². The summed E-state index contributed by atoms with van der Waals surface area (Å²) < 4.78 is 5.13. The molecule has 1 aromatic heterocycles. The van der Waals surface area contributed by atoms with Crippen molar-refractivity contribution in [2.75, 3.05) is 12.4 Å². The van der Waals surface area contributed by atoms with Gasteiger partial charge in [-0.1, -0.05) is 30.3 Å². The Labute approximate surface area is 182 Å². The Hall–Kier alpha value is -3.60. The molecular formula is C26H27N3O2. The van der Waals surface area contributed by atoms with Gasteiger partial charge in [-0.15, -0.1) is 0 Å². The summed E-state index contributed by atoms with van der Waals surface area (Å²) >= 11 is 0. The topological polar surface area (TPSA) is 63.2 Å². The van der Waals surface area contributed by atoms with Crippen LogP contribution in [-0.4, -0.2) is 18.1 Å². The summed E-state index contributed by atoms with van der Waals surface area (Å²) in [5.41, 5.74) is 10.0. The van der Waals surface area contributed by atoms with Gasteiger partial charge in [0.15, 0.2) is 0 Å². The smallest absolute Gasteiger partial charge is 0.407 e. The molecule has 1 amide bonds.